The molecule has 27 heavy (non-hydrogen) atoms. The number of aryl methyl sites for hydroxylation is 3. The van der Waals surface area contributed by atoms with E-state index in [9.17, 15) is 4.79 Å². The van der Waals surface area contributed by atoms with Crippen LogP contribution in [-0.4, -0.2) is 25.2 Å². The number of benzene rings is 2. The maximum Gasteiger partial charge on any atom is 0.261 e. The number of rotatable bonds is 10. The Morgan fingerprint density at radius 3 is 2.33 bits per heavy atom. The lowest BCUT2D eigenvalue weighted by atomic mass is 10.1. The first-order valence-corrected chi connectivity index (χ1v) is 9.76. The molecule has 1 atom stereocenters. The van der Waals surface area contributed by atoms with Crippen molar-refractivity contribution in [3.8, 4) is 11.5 Å². The number of hydrogen-bond acceptors (Lipinski definition) is 3. The van der Waals surface area contributed by atoms with E-state index in [1.807, 2.05) is 44.2 Å². The first-order chi connectivity index (χ1) is 13.0. The van der Waals surface area contributed by atoms with Gasteiger partial charge in [0.2, 0.25) is 0 Å². The fourth-order valence-corrected chi connectivity index (χ4v) is 2.77. The third-order valence-electron chi connectivity index (χ3n) is 4.55. The maximum absolute atomic E-state index is 12.4. The zero-order valence-electron chi connectivity index (χ0n) is 16.9. The van der Waals surface area contributed by atoms with Gasteiger partial charge in [-0.3, -0.25) is 4.79 Å². The van der Waals surface area contributed by atoms with Crippen molar-refractivity contribution in [2.75, 3.05) is 13.2 Å². The van der Waals surface area contributed by atoms with Crippen LogP contribution in [0.2, 0.25) is 0 Å². The molecular weight excluding hydrogens is 338 g/mol. The van der Waals surface area contributed by atoms with Gasteiger partial charge in [0.1, 0.15) is 18.1 Å². The second-order valence-electron chi connectivity index (χ2n) is 6.79. The molecule has 0 saturated carbocycles. The predicted molar refractivity (Wildman–Crippen MR) is 110 cm³/mol. The summed E-state index contributed by atoms with van der Waals surface area (Å²) in [7, 11) is 0. The molecule has 0 aliphatic heterocycles. The van der Waals surface area contributed by atoms with Gasteiger partial charge in [0, 0.05) is 0 Å². The van der Waals surface area contributed by atoms with Gasteiger partial charge in [0.25, 0.3) is 5.91 Å². The van der Waals surface area contributed by atoms with Crippen LogP contribution in [0.3, 0.4) is 0 Å². The summed E-state index contributed by atoms with van der Waals surface area (Å²) in [5.41, 5.74) is 3.67. The Kier molecular flexibility index (Phi) is 8.18. The summed E-state index contributed by atoms with van der Waals surface area (Å²) in [4.78, 5) is 12.4. The molecule has 2 aromatic carbocycles. The van der Waals surface area contributed by atoms with Crippen LogP contribution in [0.25, 0.3) is 0 Å². The quantitative estimate of drug-likeness (QED) is 0.622. The average Bonchev–Trinajstić information content (AvgIpc) is 2.67. The molecule has 0 heterocycles. The highest BCUT2D eigenvalue weighted by atomic mass is 16.5. The molecule has 0 saturated heterocycles. The van der Waals surface area contributed by atoms with E-state index in [2.05, 4.69) is 31.3 Å². The third kappa shape index (κ3) is 6.63. The Hall–Kier alpha value is -2.49. The summed E-state index contributed by atoms with van der Waals surface area (Å²) in [6.45, 7) is 9.08. The van der Waals surface area contributed by atoms with Crippen LogP contribution in [0.1, 0.15) is 43.4 Å². The van der Waals surface area contributed by atoms with Crippen LogP contribution in [0.5, 0.6) is 11.5 Å². The van der Waals surface area contributed by atoms with Gasteiger partial charge < -0.3 is 14.8 Å². The fraction of sp³-hybridized carbons (Fsp3) is 0.435. The molecule has 4 nitrogen and oxygen atoms in total. The lowest BCUT2D eigenvalue weighted by molar-refractivity contribution is -0.128. The van der Waals surface area contributed by atoms with E-state index in [4.69, 9.17) is 9.47 Å². The lowest BCUT2D eigenvalue weighted by Gasteiger charge is -2.18. The molecule has 2 aromatic rings. The van der Waals surface area contributed by atoms with Gasteiger partial charge in [0.15, 0.2) is 6.10 Å². The second kappa shape index (κ2) is 10.6. The average molecular weight is 370 g/mol. The van der Waals surface area contributed by atoms with Crippen molar-refractivity contribution < 1.29 is 14.3 Å². The van der Waals surface area contributed by atoms with Gasteiger partial charge in [0.05, 0.1) is 6.54 Å². The zero-order valence-corrected chi connectivity index (χ0v) is 16.9. The number of nitrogens with one attached hydrogen (secondary N) is 1. The molecule has 1 amide bonds. The highest BCUT2D eigenvalue weighted by molar-refractivity contribution is 5.81. The van der Waals surface area contributed by atoms with E-state index in [1.165, 1.54) is 11.1 Å². The SMILES string of the molecule is CCCc1ccc(OCCNC(=O)C(CC)Oc2ccc(C)c(C)c2)cc1. The zero-order chi connectivity index (χ0) is 19.6. The van der Waals surface area contributed by atoms with Crippen LogP contribution in [0.4, 0.5) is 0 Å². The van der Waals surface area contributed by atoms with Crippen LogP contribution in [0, 0.1) is 13.8 Å². The standard InChI is InChI=1S/C23H31NO3/c1-5-7-19-9-12-20(13-10-19)26-15-14-24-23(25)22(6-2)27-21-11-8-17(3)18(4)16-21/h8-13,16,22H,5-7,14-15H2,1-4H3,(H,24,25). The number of carbonyl (C=O) groups excluding carboxylic acids is 1. The summed E-state index contributed by atoms with van der Waals surface area (Å²) >= 11 is 0. The van der Waals surface area contributed by atoms with Crippen molar-refractivity contribution in [2.24, 2.45) is 0 Å². The molecule has 0 radical (unpaired) electrons. The van der Waals surface area contributed by atoms with Crippen molar-refractivity contribution >= 4 is 5.91 Å². The maximum atomic E-state index is 12.4. The molecule has 1 unspecified atom stereocenters. The summed E-state index contributed by atoms with van der Waals surface area (Å²) in [5.74, 6) is 1.43. The first kappa shape index (κ1) is 20.8. The minimum atomic E-state index is -0.500. The Morgan fingerprint density at radius 2 is 1.70 bits per heavy atom. The van der Waals surface area contributed by atoms with E-state index in [-0.39, 0.29) is 5.91 Å². The van der Waals surface area contributed by atoms with Gasteiger partial charge in [-0.05, 0) is 67.6 Å². The van der Waals surface area contributed by atoms with Gasteiger partial charge in [-0.25, -0.2) is 0 Å². The molecular formula is C23H31NO3. The highest BCUT2D eigenvalue weighted by Gasteiger charge is 2.18. The van der Waals surface area contributed by atoms with Crippen LogP contribution < -0.4 is 14.8 Å². The number of carbonyl (C=O) groups is 1. The number of hydrogen-bond donors (Lipinski definition) is 1. The Labute approximate surface area is 162 Å². The molecule has 1 N–H and O–H groups in total. The molecule has 0 aliphatic rings. The third-order valence-corrected chi connectivity index (χ3v) is 4.55. The topological polar surface area (TPSA) is 47.6 Å². The largest absolute Gasteiger partial charge is 0.492 e. The summed E-state index contributed by atoms with van der Waals surface area (Å²) < 4.78 is 11.6. The van der Waals surface area contributed by atoms with Crippen LogP contribution >= 0.6 is 0 Å². The summed E-state index contributed by atoms with van der Waals surface area (Å²) in [6.07, 6.45) is 2.32. The Morgan fingerprint density at radius 1 is 1.00 bits per heavy atom. The number of amides is 1. The Bertz CT molecular complexity index is 725. The van der Waals surface area contributed by atoms with E-state index >= 15 is 0 Å². The Balaban J connectivity index is 1.76. The minimum Gasteiger partial charge on any atom is -0.492 e. The van der Waals surface area contributed by atoms with Crippen molar-refractivity contribution in [2.45, 2.75) is 53.1 Å². The second-order valence-corrected chi connectivity index (χ2v) is 6.79. The fourth-order valence-electron chi connectivity index (χ4n) is 2.77. The van der Waals surface area contributed by atoms with Gasteiger partial charge in [-0.1, -0.05) is 38.5 Å². The molecule has 0 fully saturated rings. The molecule has 0 bridgehead atoms. The van der Waals surface area contributed by atoms with E-state index < -0.39 is 6.10 Å². The minimum absolute atomic E-state index is 0.113. The van der Waals surface area contributed by atoms with Crippen molar-refractivity contribution in [3.63, 3.8) is 0 Å². The van der Waals surface area contributed by atoms with Crippen molar-refractivity contribution in [1.29, 1.82) is 0 Å². The van der Waals surface area contributed by atoms with Crippen molar-refractivity contribution in [3.05, 3.63) is 59.2 Å². The number of ether oxygens (including phenoxy) is 2. The molecule has 2 rings (SSSR count). The molecule has 0 aromatic heterocycles. The lowest BCUT2D eigenvalue weighted by Crippen LogP contribution is -2.39. The summed E-state index contributed by atoms with van der Waals surface area (Å²) in [6, 6.07) is 14.0. The highest BCUT2D eigenvalue weighted by Crippen LogP contribution is 2.18. The van der Waals surface area contributed by atoms with Gasteiger partial charge >= 0.3 is 0 Å². The molecule has 0 spiro atoms. The van der Waals surface area contributed by atoms with Gasteiger partial charge in [-0.15, -0.1) is 0 Å². The van der Waals surface area contributed by atoms with Gasteiger partial charge in [-0.2, -0.15) is 0 Å². The van der Waals surface area contributed by atoms with Crippen LogP contribution in [-0.2, 0) is 11.2 Å². The van der Waals surface area contributed by atoms with E-state index in [1.54, 1.807) is 0 Å². The smallest absolute Gasteiger partial charge is 0.261 e. The van der Waals surface area contributed by atoms with E-state index in [0.29, 0.717) is 19.6 Å². The van der Waals surface area contributed by atoms with Crippen molar-refractivity contribution in [1.82, 2.24) is 5.32 Å². The first-order valence-electron chi connectivity index (χ1n) is 9.76. The summed E-state index contributed by atoms with van der Waals surface area (Å²) in [5, 5.41) is 2.89. The monoisotopic (exact) mass is 369 g/mol. The normalized spacial score (nSPS) is 11.7. The molecule has 146 valence electrons. The van der Waals surface area contributed by atoms with Crippen LogP contribution in [0.15, 0.2) is 42.5 Å². The molecule has 4 heteroatoms. The predicted octanol–water partition coefficient (Wildman–Crippen LogP) is 4.61. The van der Waals surface area contributed by atoms with E-state index in [0.717, 1.165) is 29.9 Å². The molecule has 0 aliphatic carbocycles.